The minimum Gasteiger partial charge on any atom is -0.444 e. The first-order chi connectivity index (χ1) is 16.2. The Kier molecular flexibility index (Phi) is 10.2. The van der Waals surface area contributed by atoms with Crippen LogP contribution < -0.4 is 10.6 Å². The predicted molar refractivity (Wildman–Crippen MR) is 146 cm³/mol. The van der Waals surface area contributed by atoms with Gasteiger partial charge < -0.3 is 20.3 Å². The number of carbonyl (C=O) groups is 3. The lowest BCUT2D eigenvalue weighted by molar-refractivity contribution is -0.150. The summed E-state index contributed by atoms with van der Waals surface area (Å²) in [6.07, 6.45) is -0.0498. The van der Waals surface area contributed by atoms with Gasteiger partial charge in [-0.25, -0.2) is 4.79 Å². The van der Waals surface area contributed by atoms with Crippen LogP contribution in [0.4, 0.5) is 4.79 Å². The molecule has 204 valence electrons. The van der Waals surface area contributed by atoms with Gasteiger partial charge in [0.05, 0.1) is 0 Å². The standard InChI is InChI=1S/C29H49N3O4/c1-14-29(12,13)32(25(34)22(18(2)3)30-26(35)36-28(9,10)11)23(24(33)31-27(6,7)8)21-16-15-19(4)17-20(21)5/h15-18,22-23H,14H2,1-13H3,(H,30,35)(H,31,33). The zero-order valence-corrected chi connectivity index (χ0v) is 24.8. The molecular formula is C29H49N3O4. The molecule has 1 aromatic rings. The van der Waals surface area contributed by atoms with E-state index in [-0.39, 0.29) is 17.7 Å². The lowest BCUT2D eigenvalue weighted by atomic mass is 9.88. The highest BCUT2D eigenvalue weighted by atomic mass is 16.6. The van der Waals surface area contributed by atoms with Crippen molar-refractivity contribution < 1.29 is 19.1 Å². The van der Waals surface area contributed by atoms with Crippen molar-refractivity contribution in [2.75, 3.05) is 0 Å². The fraction of sp³-hybridized carbons (Fsp3) is 0.690. The molecule has 0 aliphatic heterocycles. The number of alkyl carbamates (subject to hydrolysis) is 1. The Morgan fingerprint density at radius 2 is 1.53 bits per heavy atom. The molecule has 36 heavy (non-hydrogen) atoms. The fourth-order valence-corrected chi connectivity index (χ4v) is 4.01. The molecule has 0 aromatic heterocycles. The second-order valence-electron chi connectivity index (χ2n) is 12.7. The van der Waals surface area contributed by atoms with Gasteiger partial charge in [0.1, 0.15) is 17.7 Å². The minimum atomic E-state index is -0.881. The molecule has 1 rings (SSSR count). The van der Waals surface area contributed by atoms with E-state index in [0.29, 0.717) is 6.42 Å². The third-order valence-corrected chi connectivity index (χ3v) is 6.08. The van der Waals surface area contributed by atoms with Gasteiger partial charge in [0.25, 0.3) is 0 Å². The molecule has 0 radical (unpaired) electrons. The van der Waals surface area contributed by atoms with Gasteiger partial charge in [-0.3, -0.25) is 9.59 Å². The Labute approximate surface area is 218 Å². The summed E-state index contributed by atoms with van der Waals surface area (Å²) < 4.78 is 5.45. The van der Waals surface area contributed by atoms with Crippen LogP contribution in [-0.2, 0) is 14.3 Å². The minimum absolute atomic E-state index is 0.231. The maximum absolute atomic E-state index is 14.3. The van der Waals surface area contributed by atoms with Crippen LogP contribution in [0.2, 0.25) is 0 Å². The fourth-order valence-electron chi connectivity index (χ4n) is 4.01. The van der Waals surface area contributed by atoms with Crippen molar-refractivity contribution in [3.63, 3.8) is 0 Å². The van der Waals surface area contributed by atoms with E-state index < -0.39 is 34.9 Å². The normalized spacial score (nSPS) is 14.2. The predicted octanol–water partition coefficient (Wildman–Crippen LogP) is 5.83. The molecule has 3 amide bonds. The Morgan fingerprint density at radius 3 is 1.94 bits per heavy atom. The van der Waals surface area contributed by atoms with Crippen molar-refractivity contribution in [3.8, 4) is 0 Å². The van der Waals surface area contributed by atoms with E-state index in [1.165, 1.54) is 0 Å². The van der Waals surface area contributed by atoms with Crippen LogP contribution in [0.3, 0.4) is 0 Å². The molecule has 0 saturated carbocycles. The molecule has 2 unspecified atom stereocenters. The van der Waals surface area contributed by atoms with E-state index >= 15 is 0 Å². The zero-order valence-electron chi connectivity index (χ0n) is 24.8. The molecule has 0 bridgehead atoms. The van der Waals surface area contributed by atoms with Crippen molar-refractivity contribution >= 4 is 17.9 Å². The quantitative estimate of drug-likeness (QED) is 0.467. The first kappa shape index (κ1) is 31.5. The van der Waals surface area contributed by atoms with Crippen molar-refractivity contribution in [2.45, 2.75) is 125 Å². The van der Waals surface area contributed by atoms with E-state index in [1.54, 1.807) is 25.7 Å². The van der Waals surface area contributed by atoms with Crippen molar-refractivity contribution in [2.24, 2.45) is 5.92 Å². The second kappa shape index (κ2) is 11.7. The molecule has 7 heteroatoms. The molecule has 2 N–H and O–H groups in total. The van der Waals surface area contributed by atoms with Gasteiger partial charge in [-0.15, -0.1) is 0 Å². The van der Waals surface area contributed by atoms with Gasteiger partial charge in [-0.05, 0) is 92.7 Å². The molecule has 0 aliphatic carbocycles. The van der Waals surface area contributed by atoms with Crippen LogP contribution in [0.25, 0.3) is 0 Å². The van der Waals surface area contributed by atoms with E-state index in [9.17, 15) is 14.4 Å². The van der Waals surface area contributed by atoms with Gasteiger partial charge in [-0.1, -0.05) is 44.5 Å². The van der Waals surface area contributed by atoms with Gasteiger partial charge in [0.2, 0.25) is 11.8 Å². The molecular weight excluding hydrogens is 454 g/mol. The van der Waals surface area contributed by atoms with Crippen molar-refractivity contribution in [3.05, 3.63) is 34.9 Å². The number of nitrogens with zero attached hydrogens (tertiary/aromatic N) is 1. The number of hydrogen-bond acceptors (Lipinski definition) is 4. The topological polar surface area (TPSA) is 87.7 Å². The number of hydrogen-bond donors (Lipinski definition) is 2. The maximum Gasteiger partial charge on any atom is 0.408 e. The summed E-state index contributed by atoms with van der Waals surface area (Å²) in [7, 11) is 0. The summed E-state index contributed by atoms with van der Waals surface area (Å²) in [6.45, 7) is 24.7. The Bertz CT molecular complexity index is 939. The number of nitrogens with one attached hydrogen (secondary N) is 2. The van der Waals surface area contributed by atoms with Crippen molar-refractivity contribution in [1.29, 1.82) is 0 Å². The number of ether oxygens (including phenoxy) is 1. The molecule has 0 heterocycles. The number of carbonyl (C=O) groups excluding carboxylic acids is 3. The highest BCUT2D eigenvalue weighted by Gasteiger charge is 2.44. The van der Waals surface area contributed by atoms with Crippen molar-refractivity contribution in [1.82, 2.24) is 15.5 Å². The Morgan fingerprint density at radius 1 is 0.972 bits per heavy atom. The lowest BCUT2D eigenvalue weighted by Crippen LogP contribution is -2.61. The molecule has 1 aromatic carbocycles. The highest BCUT2D eigenvalue weighted by Crippen LogP contribution is 2.35. The maximum atomic E-state index is 14.3. The van der Waals surface area contributed by atoms with E-state index in [2.05, 4.69) is 10.6 Å². The van der Waals surface area contributed by atoms with Crippen LogP contribution in [-0.4, -0.2) is 45.5 Å². The third kappa shape index (κ3) is 8.82. The summed E-state index contributed by atoms with van der Waals surface area (Å²) in [6, 6.07) is 4.15. The zero-order chi connectivity index (χ0) is 28.2. The van der Waals surface area contributed by atoms with Gasteiger partial charge in [0, 0.05) is 11.1 Å². The number of amides is 3. The Hall–Kier alpha value is -2.57. The van der Waals surface area contributed by atoms with E-state index in [4.69, 9.17) is 4.74 Å². The van der Waals surface area contributed by atoms with Crippen LogP contribution in [0.5, 0.6) is 0 Å². The van der Waals surface area contributed by atoms with E-state index in [1.807, 2.05) is 87.4 Å². The first-order valence-electron chi connectivity index (χ1n) is 12.9. The monoisotopic (exact) mass is 503 g/mol. The average Bonchev–Trinajstić information content (AvgIpc) is 2.67. The largest absolute Gasteiger partial charge is 0.444 e. The smallest absolute Gasteiger partial charge is 0.408 e. The molecule has 0 aliphatic rings. The van der Waals surface area contributed by atoms with Crippen LogP contribution >= 0.6 is 0 Å². The molecule has 2 atom stereocenters. The summed E-state index contributed by atoms with van der Waals surface area (Å²) in [5.41, 5.74) is 0.880. The van der Waals surface area contributed by atoms with Crippen LogP contribution in [0.15, 0.2) is 18.2 Å². The van der Waals surface area contributed by atoms with Gasteiger partial charge >= 0.3 is 6.09 Å². The molecule has 0 fully saturated rings. The second-order valence-corrected chi connectivity index (χ2v) is 12.7. The average molecular weight is 504 g/mol. The van der Waals surface area contributed by atoms with Gasteiger partial charge in [0.15, 0.2) is 0 Å². The van der Waals surface area contributed by atoms with Gasteiger partial charge in [-0.2, -0.15) is 0 Å². The molecule has 7 nitrogen and oxygen atoms in total. The lowest BCUT2D eigenvalue weighted by Gasteiger charge is -2.46. The van der Waals surface area contributed by atoms with Crippen LogP contribution in [0.1, 0.15) is 105 Å². The highest BCUT2D eigenvalue weighted by molar-refractivity contribution is 5.93. The number of aryl methyl sites for hydroxylation is 2. The van der Waals surface area contributed by atoms with Crippen LogP contribution in [0, 0.1) is 19.8 Å². The SMILES string of the molecule is CCC(C)(C)N(C(=O)C(NC(=O)OC(C)(C)C)C(C)C)C(C(=O)NC(C)(C)C)c1ccc(C)cc1C. The van der Waals surface area contributed by atoms with E-state index in [0.717, 1.165) is 16.7 Å². The summed E-state index contributed by atoms with van der Waals surface area (Å²) in [4.78, 5) is 42.6. The first-order valence-corrected chi connectivity index (χ1v) is 12.9. The summed E-state index contributed by atoms with van der Waals surface area (Å²) in [5.74, 6) is -0.813. The summed E-state index contributed by atoms with van der Waals surface area (Å²) in [5, 5.41) is 5.87. The molecule has 0 spiro atoms. The summed E-state index contributed by atoms with van der Waals surface area (Å²) >= 11 is 0. The Balaban J connectivity index is 3.73. The number of rotatable bonds is 8. The number of benzene rings is 1. The molecule has 0 saturated heterocycles. The third-order valence-electron chi connectivity index (χ3n) is 6.08.